The summed E-state index contributed by atoms with van der Waals surface area (Å²) in [6.07, 6.45) is 10.9. The van der Waals surface area contributed by atoms with E-state index in [1.54, 1.807) is 0 Å². The lowest BCUT2D eigenvalue weighted by Gasteiger charge is -2.32. The van der Waals surface area contributed by atoms with Crippen molar-refractivity contribution in [1.82, 2.24) is 4.90 Å². The Morgan fingerprint density at radius 2 is 1.94 bits per heavy atom. The molecule has 1 saturated carbocycles. The molecule has 17 heavy (non-hydrogen) atoms. The molecule has 98 valence electrons. The third-order valence-electron chi connectivity index (χ3n) is 4.76. The largest absolute Gasteiger partial charge is 0.370 e. The van der Waals surface area contributed by atoms with E-state index in [9.17, 15) is 0 Å². The van der Waals surface area contributed by atoms with Crippen LogP contribution in [0.2, 0.25) is 0 Å². The molecule has 0 aromatic heterocycles. The summed E-state index contributed by atoms with van der Waals surface area (Å²) in [4.78, 5) is 2.51. The molecule has 0 aromatic rings. The highest BCUT2D eigenvalue weighted by atomic mass is 35.5. The monoisotopic (exact) mass is 257 g/mol. The van der Waals surface area contributed by atoms with E-state index in [1.165, 1.54) is 57.9 Å². The van der Waals surface area contributed by atoms with E-state index in [-0.39, 0.29) is 0 Å². The first-order chi connectivity index (χ1) is 8.26. The quantitative estimate of drug-likeness (QED) is 0.705. The number of nitrogens with zero attached hydrogens (tertiary/aromatic N) is 1. The molecule has 3 heteroatoms. The van der Waals surface area contributed by atoms with Gasteiger partial charge in [-0.05, 0) is 45.1 Å². The summed E-state index contributed by atoms with van der Waals surface area (Å²) in [6, 6.07) is 0. The fourth-order valence-corrected chi connectivity index (χ4v) is 4.21. The number of ether oxygens (including phenoxy) is 1. The minimum absolute atomic E-state index is 0.292. The standard InChI is InChI=1S/C14H24ClNO/c15-12-4-3-9-16(10-12)11-13-5-8-14(17-13)6-1-2-7-14/h12-13H,1-11H2. The molecular weight excluding hydrogens is 234 g/mol. The zero-order valence-electron chi connectivity index (χ0n) is 10.7. The third-order valence-corrected chi connectivity index (χ3v) is 5.12. The van der Waals surface area contributed by atoms with Gasteiger partial charge in [-0.1, -0.05) is 12.8 Å². The molecule has 0 radical (unpaired) electrons. The molecule has 2 nitrogen and oxygen atoms in total. The van der Waals surface area contributed by atoms with Crippen molar-refractivity contribution in [2.24, 2.45) is 0 Å². The molecule has 0 amide bonds. The Hall–Kier alpha value is 0.210. The third kappa shape index (κ3) is 2.80. The van der Waals surface area contributed by atoms with Gasteiger partial charge < -0.3 is 4.74 Å². The molecule has 2 unspecified atom stereocenters. The van der Waals surface area contributed by atoms with Crippen LogP contribution < -0.4 is 0 Å². The van der Waals surface area contributed by atoms with E-state index in [0.29, 0.717) is 17.1 Å². The van der Waals surface area contributed by atoms with Gasteiger partial charge in [0, 0.05) is 18.5 Å². The number of halogens is 1. The molecule has 3 aliphatic rings. The molecule has 0 N–H and O–H groups in total. The van der Waals surface area contributed by atoms with Crippen LogP contribution >= 0.6 is 11.6 Å². The SMILES string of the molecule is ClC1CCCN(CC2CCC3(CCCC3)O2)C1. The topological polar surface area (TPSA) is 12.5 Å². The van der Waals surface area contributed by atoms with Crippen molar-refractivity contribution in [2.45, 2.75) is 68.4 Å². The van der Waals surface area contributed by atoms with E-state index < -0.39 is 0 Å². The van der Waals surface area contributed by atoms with Gasteiger partial charge in [0.05, 0.1) is 11.7 Å². The molecule has 2 saturated heterocycles. The van der Waals surface area contributed by atoms with Crippen molar-refractivity contribution in [3.05, 3.63) is 0 Å². The lowest BCUT2D eigenvalue weighted by Crippen LogP contribution is -2.41. The maximum Gasteiger partial charge on any atom is 0.0710 e. The van der Waals surface area contributed by atoms with Crippen LogP contribution in [0.15, 0.2) is 0 Å². The Morgan fingerprint density at radius 3 is 2.71 bits per heavy atom. The highest BCUT2D eigenvalue weighted by Crippen LogP contribution is 2.43. The number of alkyl halides is 1. The second-order valence-electron chi connectivity index (χ2n) is 6.17. The van der Waals surface area contributed by atoms with Gasteiger partial charge in [0.25, 0.3) is 0 Å². The van der Waals surface area contributed by atoms with Crippen molar-refractivity contribution >= 4 is 11.6 Å². The fourth-order valence-electron chi connectivity index (χ4n) is 3.86. The van der Waals surface area contributed by atoms with Gasteiger partial charge in [0.1, 0.15) is 0 Å². The molecule has 2 aliphatic heterocycles. The average molecular weight is 258 g/mol. The Labute approximate surface area is 110 Å². The van der Waals surface area contributed by atoms with Gasteiger partial charge >= 0.3 is 0 Å². The summed E-state index contributed by atoms with van der Waals surface area (Å²) < 4.78 is 6.36. The van der Waals surface area contributed by atoms with Crippen LogP contribution in [-0.4, -0.2) is 41.6 Å². The summed E-state index contributed by atoms with van der Waals surface area (Å²) in [5.74, 6) is 0. The van der Waals surface area contributed by atoms with Crippen molar-refractivity contribution in [2.75, 3.05) is 19.6 Å². The van der Waals surface area contributed by atoms with Crippen LogP contribution in [0.25, 0.3) is 0 Å². The Morgan fingerprint density at radius 1 is 1.12 bits per heavy atom. The van der Waals surface area contributed by atoms with Crippen LogP contribution in [0.3, 0.4) is 0 Å². The van der Waals surface area contributed by atoms with Crippen LogP contribution in [0.4, 0.5) is 0 Å². The van der Waals surface area contributed by atoms with Gasteiger partial charge in [-0.25, -0.2) is 0 Å². The van der Waals surface area contributed by atoms with E-state index in [2.05, 4.69) is 4.90 Å². The molecule has 2 atom stereocenters. The van der Waals surface area contributed by atoms with Crippen LogP contribution in [0, 0.1) is 0 Å². The maximum absolute atomic E-state index is 6.36. The van der Waals surface area contributed by atoms with Gasteiger partial charge in [-0.3, -0.25) is 4.90 Å². The van der Waals surface area contributed by atoms with E-state index >= 15 is 0 Å². The highest BCUT2D eigenvalue weighted by molar-refractivity contribution is 6.20. The van der Waals surface area contributed by atoms with Crippen LogP contribution in [-0.2, 0) is 4.74 Å². The highest BCUT2D eigenvalue weighted by Gasteiger charge is 2.42. The molecule has 3 rings (SSSR count). The zero-order valence-corrected chi connectivity index (χ0v) is 11.4. The van der Waals surface area contributed by atoms with Crippen molar-refractivity contribution in [1.29, 1.82) is 0 Å². The smallest absolute Gasteiger partial charge is 0.0710 e. The molecule has 3 fully saturated rings. The Balaban J connectivity index is 1.50. The predicted octanol–water partition coefficient (Wildman–Crippen LogP) is 3.18. The molecule has 1 aliphatic carbocycles. The van der Waals surface area contributed by atoms with Gasteiger partial charge in [-0.15, -0.1) is 11.6 Å². The lowest BCUT2D eigenvalue weighted by molar-refractivity contribution is -0.0485. The molecule has 2 heterocycles. The first-order valence-corrected chi connectivity index (χ1v) is 7.74. The summed E-state index contributed by atoms with van der Waals surface area (Å²) in [5.41, 5.74) is 0.292. The van der Waals surface area contributed by atoms with Crippen LogP contribution in [0.5, 0.6) is 0 Å². The molecule has 0 aromatic carbocycles. The molecule has 0 bridgehead atoms. The van der Waals surface area contributed by atoms with Crippen molar-refractivity contribution in [3.8, 4) is 0 Å². The average Bonchev–Trinajstić information content (AvgIpc) is 2.90. The number of rotatable bonds is 2. The number of hydrogen-bond donors (Lipinski definition) is 0. The lowest BCUT2D eigenvalue weighted by atomic mass is 9.98. The van der Waals surface area contributed by atoms with Gasteiger partial charge in [-0.2, -0.15) is 0 Å². The minimum Gasteiger partial charge on any atom is -0.370 e. The van der Waals surface area contributed by atoms with Gasteiger partial charge in [0.2, 0.25) is 0 Å². The first-order valence-electron chi connectivity index (χ1n) is 7.30. The molecular formula is C14H24ClNO. The minimum atomic E-state index is 0.292. The summed E-state index contributed by atoms with van der Waals surface area (Å²) in [5, 5.41) is 0.366. The number of likely N-dealkylation sites (tertiary alicyclic amines) is 1. The second-order valence-corrected chi connectivity index (χ2v) is 6.78. The van der Waals surface area contributed by atoms with E-state index in [1.807, 2.05) is 0 Å². The molecule has 1 spiro atoms. The summed E-state index contributed by atoms with van der Waals surface area (Å²) in [6.45, 7) is 3.40. The maximum atomic E-state index is 6.36. The number of hydrogen-bond acceptors (Lipinski definition) is 2. The fraction of sp³-hybridized carbons (Fsp3) is 1.00. The normalized spacial score (nSPS) is 37.9. The number of piperidine rings is 1. The van der Waals surface area contributed by atoms with E-state index in [0.717, 1.165) is 13.1 Å². The van der Waals surface area contributed by atoms with Crippen molar-refractivity contribution in [3.63, 3.8) is 0 Å². The summed E-state index contributed by atoms with van der Waals surface area (Å²) >= 11 is 6.23. The van der Waals surface area contributed by atoms with Gasteiger partial charge in [0.15, 0.2) is 0 Å². The first kappa shape index (κ1) is 12.3. The van der Waals surface area contributed by atoms with Crippen molar-refractivity contribution < 1.29 is 4.74 Å². The van der Waals surface area contributed by atoms with E-state index in [4.69, 9.17) is 16.3 Å². The predicted molar refractivity (Wildman–Crippen MR) is 70.6 cm³/mol. The van der Waals surface area contributed by atoms with Crippen LogP contribution in [0.1, 0.15) is 51.4 Å². The zero-order chi connectivity index (χ0) is 11.7. The Kier molecular flexibility index (Phi) is 3.65. The summed E-state index contributed by atoms with van der Waals surface area (Å²) in [7, 11) is 0. The Bertz CT molecular complexity index is 265. The second kappa shape index (κ2) is 5.07.